The predicted octanol–water partition coefficient (Wildman–Crippen LogP) is 5.24. The van der Waals surface area contributed by atoms with Crippen molar-refractivity contribution in [3.05, 3.63) is 58.1 Å². The van der Waals surface area contributed by atoms with Crippen LogP contribution in [0.2, 0.25) is 0 Å². The number of amides is 1. The Morgan fingerprint density at radius 2 is 1.48 bits per heavy atom. The van der Waals surface area contributed by atoms with E-state index < -0.39 is 0 Å². The Hall–Kier alpha value is -2.07. The zero-order chi connectivity index (χ0) is 18.7. The minimum atomic E-state index is -0.217. The van der Waals surface area contributed by atoms with E-state index in [2.05, 4.69) is 39.1 Å². The average molecular weight is 356 g/mol. The number of carbonyl (C=O) groups is 2. The van der Waals surface area contributed by atoms with Crippen molar-refractivity contribution in [2.24, 2.45) is 0 Å². The molecule has 2 rings (SSSR count). The standard InChI is InChI=1S/C21H25NO2S/c1-12-11-13(2)15(4)20(14(12)3)25-17(6)21(24)22-19-9-7-18(8-10-19)16(5)23/h7-11,17H,1-6H3,(H,22,24)/t17-/m0/s1. The highest BCUT2D eigenvalue weighted by atomic mass is 32.2. The molecule has 0 unspecified atom stereocenters. The van der Waals surface area contributed by atoms with Gasteiger partial charge in [0.05, 0.1) is 5.25 Å². The third-order valence-corrected chi connectivity index (χ3v) is 5.94. The molecule has 132 valence electrons. The molecule has 1 amide bonds. The number of Topliss-reactive ketones (excluding diaryl/α,β-unsaturated/α-hetero) is 1. The van der Waals surface area contributed by atoms with Crippen LogP contribution in [0.15, 0.2) is 35.2 Å². The number of ketones is 1. The van der Waals surface area contributed by atoms with Crippen LogP contribution in [-0.2, 0) is 4.79 Å². The van der Waals surface area contributed by atoms with E-state index >= 15 is 0 Å². The zero-order valence-corrected chi connectivity index (χ0v) is 16.5. The van der Waals surface area contributed by atoms with Gasteiger partial charge in [-0.25, -0.2) is 0 Å². The molecular weight excluding hydrogens is 330 g/mol. The zero-order valence-electron chi connectivity index (χ0n) is 15.7. The summed E-state index contributed by atoms with van der Waals surface area (Å²) in [6, 6.07) is 9.18. The van der Waals surface area contributed by atoms with Gasteiger partial charge in [0.15, 0.2) is 5.78 Å². The van der Waals surface area contributed by atoms with Gasteiger partial charge in [-0.3, -0.25) is 9.59 Å². The lowest BCUT2D eigenvalue weighted by atomic mass is 10.0. The van der Waals surface area contributed by atoms with Crippen LogP contribution in [0.3, 0.4) is 0 Å². The fourth-order valence-corrected chi connectivity index (χ4v) is 3.81. The van der Waals surface area contributed by atoms with Crippen molar-refractivity contribution in [1.82, 2.24) is 0 Å². The molecule has 0 fully saturated rings. The molecule has 0 heterocycles. The molecule has 0 aromatic heterocycles. The lowest BCUT2D eigenvalue weighted by molar-refractivity contribution is -0.115. The normalized spacial score (nSPS) is 11.9. The summed E-state index contributed by atoms with van der Waals surface area (Å²) in [6.45, 7) is 11.9. The summed E-state index contributed by atoms with van der Waals surface area (Å²) in [5, 5.41) is 2.71. The molecule has 0 saturated carbocycles. The minimum Gasteiger partial charge on any atom is -0.325 e. The number of anilines is 1. The van der Waals surface area contributed by atoms with Crippen LogP contribution in [0.25, 0.3) is 0 Å². The third kappa shape index (κ3) is 4.51. The number of rotatable bonds is 5. The van der Waals surface area contributed by atoms with Gasteiger partial charge in [-0.1, -0.05) is 6.07 Å². The number of thioether (sulfide) groups is 1. The molecule has 0 spiro atoms. The van der Waals surface area contributed by atoms with Crippen LogP contribution in [0.5, 0.6) is 0 Å². The van der Waals surface area contributed by atoms with Crippen molar-refractivity contribution in [3.63, 3.8) is 0 Å². The van der Waals surface area contributed by atoms with E-state index in [-0.39, 0.29) is 16.9 Å². The quantitative estimate of drug-likeness (QED) is 0.589. The maximum absolute atomic E-state index is 12.5. The maximum atomic E-state index is 12.5. The molecule has 0 saturated heterocycles. The van der Waals surface area contributed by atoms with Gasteiger partial charge in [-0.2, -0.15) is 0 Å². The highest BCUT2D eigenvalue weighted by Crippen LogP contribution is 2.33. The summed E-state index contributed by atoms with van der Waals surface area (Å²) in [6.07, 6.45) is 0. The van der Waals surface area contributed by atoms with Crippen molar-refractivity contribution in [2.45, 2.75) is 51.7 Å². The summed E-state index contributed by atoms with van der Waals surface area (Å²) >= 11 is 1.59. The van der Waals surface area contributed by atoms with E-state index in [1.54, 1.807) is 36.0 Å². The van der Waals surface area contributed by atoms with Crippen LogP contribution < -0.4 is 5.32 Å². The van der Waals surface area contributed by atoms with Gasteiger partial charge in [-0.05, 0) is 88.1 Å². The third-order valence-electron chi connectivity index (χ3n) is 4.52. The molecule has 1 N–H and O–H groups in total. The largest absolute Gasteiger partial charge is 0.325 e. The van der Waals surface area contributed by atoms with Gasteiger partial charge in [0.1, 0.15) is 0 Å². The number of nitrogens with one attached hydrogen (secondary N) is 1. The summed E-state index contributed by atoms with van der Waals surface area (Å²) in [4.78, 5) is 25.0. The summed E-state index contributed by atoms with van der Waals surface area (Å²) in [7, 11) is 0. The lowest BCUT2D eigenvalue weighted by Gasteiger charge is -2.18. The molecule has 2 aromatic carbocycles. The number of hydrogen-bond acceptors (Lipinski definition) is 3. The highest BCUT2D eigenvalue weighted by Gasteiger charge is 2.18. The number of benzene rings is 2. The van der Waals surface area contributed by atoms with Gasteiger partial charge in [0.25, 0.3) is 0 Å². The van der Waals surface area contributed by atoms with Gasteiger partial charge < -0.3 is 5.32 Å². The van der Waals surface area contributed by atoms with Gasteiger partial charge in [0.2, 0.25) is 5.91 Å². The lowest BCUT2D eigenvalue weighted by Crippen LogP contribution is -2.22. The van der Waals surface area contributed by atoms with Crippen LogP contribution in [0, 0.1) is 27.7 Å². The topological polar surface area (TPSA) is 46.2 Å². The Balaban J connectivity index is 2.12. The second-order valence-corrected chi connectivity index (χ2v) is 7.82. The molecule has 0 aliphatic heterocycles. The van der Waals surface area contributed by atoms with Crippen LogP contribution in [0.1, 0.15) is 46.5 Å². The first-order chi connectivity index (χ1) is 11.7. The monoisotopic (exact) mass is 355 g/mol. The molecule has 0 radical (unpaired) electrons. The molecule has 3 nitrogen and oxygen atoms in total. The van der Waals surface area contributed by atoms with Crippen molar-refractivity contribution < 1.29 is 9.59 Å². The molecule has 0 aliphatic rings. The molecular formula is C21H25NO2S. The molecule has 0 bridgehead atoms. The molecule has 25 heavy (non-hydrogen) atoms. The maximum Gasteiger partial charge on any atom is 0.237 e. The number of carbonyl (C=O) groups excluding carboxylic acids is 2. The smallest absolute Gasteiger partial charge is 0.237 e. The summed E-state index contributed by atoms with van der Waals surface area (Å²) in [5.74, 6) is -0.0268. The Labute approximate surface area is 154 Å². The van der Waals surface area contributed by atoms with Crippen molar-refractivity contribution in [2.75, 3.05) is 5.32 Å². The van der Waals surface area contributed by atoms with E-state index in [0.717, 1.165) is 0 Å². The fourth-order valence-electron chi connectivity index (χ4n) is 2.62. The number of aryl methyl sites for hydroxylation is 2. The first kappa shape index (κ1) is 19.3. The van der Waals surface area contributed by atoms with E-state index in [9.17, 15) is 9.59 Å². The van der Waals surface area contributed by atoms with Crippen LogP contribution in [0.4, 0.5) is 5.69 Å². The van der Waals surface area contributed by atoms with E-state index in [1.807, 2.05) is 6.92 Å². The second kappa shape index (κ2) is 7.87. The van der Waals surface area contributed by atoms with E-state index in [4.69, 9.17) is 0 Å². The number of hydrogen-bond donors (Lipinski definition) is 1. The van der Waals surface area contributed by atoms with E-state index in [1.165, 1.54) is 34.1 Å². The Bertz CT molecular complexity index is 783. The Morgan fingerprint density at radius 1 is 0.960 bits per heavy atom. The van der Waals surface area contributed by atoms with Gasteiger partial charge in [0, 0.05) is 16.1 Å². The second-order valence-electron chi connectivity index (χ2n) is 6.47. The summed E-state index contributed by atoms with van der Waals surface area (Å²) in [5.41, 5.74) is 6.31. The minimum absolute atomic E-state index is 0.0163. The van der Waals surface area contributed by atoms with Crippen molar-refractivity contribution >= 4 is 29.1 Å². The van der Waals surface area contributed by atoms with Crippen molar-refractivity contribution in [3.8, 4) is 0 Å². The summed E-state index contributed by atoms with van der Waals surface area (Å²) < 4.78 is 0. The fraction of sp³-hybridized carbons (Fsp3) is 0.333. The first-order valence-electron chi connectivity index (χ1n) is 8.36. The Kier molecular flexibility index (Phi) is 6.07. The van der Waals surface area contributed by atoms with Crippen LogP contribution in [-0.4, -0.2) is 16.9 Å². The van der Waals surface area contributed by atoms with E-state index in [0.29, 0.717) is 11.3 Å². The SMILES string of the molecule is CC(=O)c1ccc(NC(=O)[C@H](C)Sc2c(C)c(C)cc(C)c2C)cc1. The highest BCUT2D eigenvalue weighted by molar-refractivity contribution is 8.00. The molecule has 1 atom stereocenters. The van der Waals surface area contributed by atoms with Crippen LogP contribution >= 0.6 is 11.8 Å². The van der Waals surface area contributed by atoms with Gasteiger partial charge in [-0.15, -0.1) is 11.8 Å². The Morgan fingerprint density at radius 3 is 1.96 bits per heavy atom. The predicted molar refractivity (Wildman–Crippen MR) is 106 cm³/mol. The average Bonchev–Trinajstić information content (AvgIpc) is 2.57. The first-order valence-corrected chi connectivity index (χ1v) is 9.24. The van der Waals surface area contributed by atoms with Crippen molar-refractivity contribution in [1.29, 1.82) is 0 Å². The van der Waals surface area contributed by atoms with Gasteiger partial charge >= 0.3 is 0 Å². The molecule has 4 heteroatoms. The molecule has 0 aliphatic carbocycles. The molecule has 2 aromatic rings.